The molecule has 0 bridgehead atoms. The summed E-state index contributed by atoms with van der Waals surface area (Å²) in [6.07, 6.45) is 1.64. The van der Waals surface area contributed by atoms with Crippen LogP contribution < -0.4 is 14.2 Å². The van der Waals surface area contributed by atoms with Crippen molar-refractivity contribution >= 4 is 16.7 Å². The number of ketones is 1. The van der Waals surface area contributed by atoms with E-state index < -0.39 is 17.6 Å². The third-order valence-electron chi connectivity index (χ3n) is 5.96. The Morgan fingerprint density at radius 2 is 1.47 bits per heavy atom. The van der Waals surface area contributed by atoms with E-state index in [-0.39, 0.29) is 28.4 Å². The molecule has 0 fully saturated rings. The minimum atomic E-state index is -3.78. The highest BCUT2D eigenvalue weighted by molar-refractivity contribution is 6.03. The van der Waals surface area contributed by atoms with E-state index in [4.69, 9.17) is 14.2 Å². The lowest BCUT2D eigenvalue weighted by atomic mass is 9.82. The Morgan fingerprint density at radius 3 is 2.06 bits per heavy atom. The van der Waals surface area contributed by atoms with E-state index in [1.54, 1.807) is 48.1 Å². The van der Waals surface area contributed by atoms with Crippen LogP contribution >= 0.6 is 0 Å². The maximum absolute atomic E-state index is 16.3. The minimum absolute atomic E-state index is 0.0646. The van der Waals surface area contributed by atoms with Crippen LogP contribution in [0.4, 0.5) is 8.78 Å². The van der Waals surface area contributed by atoms with Crippen molar-refractivity contribution in [2.24, 2.45) is 7.05 Å². The molecule has 0 N–H and O–H groups in total. The number of para-hydroxylation sites is 1. The average molecular weight is 465 g/mol. The number of ether oxygens (including phenoxy) is 3. The molecule has 0 spiro atoms. The van der Waals surface area contributed by atoms with Crippen LogP contribution in [0.1, 0.15) is 27.4 Å². The second kappa shape index (κ2) is 9.17. The SMILES string of the molecule is COc1cc(C(c2cn(C)c3ccccc23)C(F)(F)C(=O)c2ccccc2)cc(OC)c1OC. The molecule has 0 aliphatic heterocycles. The molecule has 0 amide bonds. The molecular formula is C27H25F2NO4. The number of aromatic nitrogens is 1. The van der Waals surface area contributed by atoms with Gasteiger partial charge >= 0.3 is 5.92 Å². The lowest BCUT2D eigenvalue weighted by Crippen LogP contribution is -2.36. The summed E-state index contributed by atoms with van der Waals surface area (Å²) in [5.41, 5.74) is 1.20. The molecule has 0 saturated carbocycles. The smallest absolute Gasteiger partial charge is 0.320 e. The van der Waals surface area contributed by atoms with Gasteiger partial charge in [-0.15, -0.1) is 0 Å². The Morgan fingerprint density at radius 1 is 0.882 bits per heavy atom. The lowest BCUT2D eigenvalue weighted by molar-refractivity contribution is -0.000140. The van der Waals surface area contributed by atoms with Crippen molar-refractivity contribution in [2.45, 2.75) is 11.8 Å². The van der Waals surface area contributed by atoms with Crippen LogP contribution in [0, 0.1) is 0 Å². The highest BCUT2D eigenvalue weighted by Crippen LogP contribution is 2.48. The number of hydrogen-bond donors (Lipinski definition) is 0. The van der Waals surface area contributed by atoms with Crippen LogP contribution in [-0.2, 0) is 7.05 Å². The monoisotopic (exact) mass is 465 g/mol. The van der Waals surface area contributed by atoms with Gasteiger partial charge in [0.2, 0.25) is 11.5 Å². The first-order valence-electron chi connectivity index (χ1n) is 10.6. The fraction of sp³-hybridized carbons (Fsp3) is 0.222. The molecule has 176 valence electrons. The Bertz CT molecular complexity index is 1310. The summed E-state index contributed by atoms with van der Waals surface area (Å²) >= 11 is 0. The molecule has 4 aromatic rings. The van der Waals surface area contributed by atoms with E-state index in [0.717, 1.165) is 5.52 Å². The first-order valence-corrected chi connectivity index (χ1v) is 10.6. The first kappa shape index (κ1) is 23.3. The Hall–Kier alpha value is -3.87. The summed E-state index contributed by atoms with van der Waals surface area (Å²) in [5.74, 6) is -5.92. The summed E-state index contributed by atoms with van der Waals surface area (Å²) in [7, 11) is 6.06. The highest BCUT2D eigenvalue weighted by Gasteiger charge is 2.50. The molecular weight excluding hydrogens is 440 g/mol. The number of alkyl halides is 2. The second-order valence-corrected chi connectivity index (χ2v) is 7.92. The fourth-order valence-corrected chi connectivity index (χ4v) is 4.37. The fourth-order valence-electron chi connectivity index (χ4n) is 4.37. The predicted molar refractivity (Wildman–Crippen MR) is 127 cm³/mol. The second-order valence-electron chi connectivity index (χ2n) is 7.92. The molecule has 4 rings (SSSR count). The van der Waals surface area contributed by atoms with Gasteiger partial charge in [-0.2, -0.15) is 8.78 Å². The van der Waals surface area contributed by atoms with Crippen molar-refractivity contribution in [3.05, 3.63) is 89.6 Å². The number of hydrogen-bond acceptors (Lipinski definition) is 4. The van der Waals surface area contributed by atoms with E-state index in [9.17, 15) is 4.79 Å². The Labute approximate surface area is 196 Å². The van der Waals surface area contributed by atoms with Gasteiger partial charge in [0, 0.05) is 29.7 Å². The van der Waals surface area contributed by atoms with Crippen molar-refractivity contribution < 1.29 is 27.8 Å². The topological polar surface area (TPSA) is 49.7 Å². The molecule has 1 aromatic heterocycles. The number of fused-ring (bicyclic) bond motifs is 1. The van der Waals surface area contributed by atoms with Crippen LogP contribution in [-0.4, -0.2) is 37.6 Å². The molecule has 0 aliphatic rings. The number of carbonyl (C=O) groups excluding carboxylic acids is 1. The van der Waals surface area contributed by atoms with Gasteiger partial charge in [0.25, 0.3) is 0 Å². The van der Waals surface area contributed by atoms with Crippen molar-refractivity contribution in [2.75, 3.05) is 21.3 Å². The van der Waals surface area contributed by atoms with Crippen molar-refractivity contribution in [1.82, 2.24) is 4.57 Å². The number of aryl methyl sites for hydroxylation is 1. The quantitative estimate of drug-likeness (QED) is 0.306. The van der Waals surface area contributed by atoms with Gasteiger partial charge in [0.05, 0.1) is 27.2 Å². The third kappa shape index (κ3) is 3.87. The maximum atomic E-state index is 16.3. The zero-order valence-electron chi connectivity index (χ0n) is 19.3. The van der Waals surface area contributed by atoms with Gasteiger partial charge < -0.3 is 18.8 Å². The lowest BCUT2D eigenvalue weighted by Gasteiger charge is -2.27. The van der Waals surface area contributed by atoms with Gasteiger partial charge in [0.1, 0.15) is 0 Å². The van der Waals surface area contributed by atoms with E-state index in [0.29, 0.717) is 10.9 Å². The van der Waals surface area contributed by atoms with Crippen molar-refractivity contribution in [3.63, 3.8) is 0 Å². The summed E-state index contributed by atoms with van der Waals surface area (Å²) < 4.78 is 50.5. The molecule has 34 heavy (non-hydrogen) atoms. The average Bonchev–Trinajstić information content (AvgIpc) is 3.19. The van der Waals surface area contributed by atoms with Gasteiger partial charge in [-0.05, 0) is 29.3 Å². The van der Waals surface area contributed by atoms with Crippen LogP contribution in [0.2, 0.25) is 0 Å². The zero-order chi connectivity index (χ0) is 24.5. The zero-order valence-corrected chi connectivity index (χ0v) is 19.3. The van der Waals surface area contributed by atoms with E-state index in [1.165, 1.54) is 45.6 Å². The number of rotatable bonds is 8. The number of halogens is 2. The molecule has 1 atom stereocenters. The number of methoxy groups -OCH3 is 3. The molecule has 5 nitrogen and oxygen atoms in total. The van der Waals surface area contributed by atoms with Crippen LogP contribution in [0.5, 0.6) is 17.2 Å². The van der Waals surface area contributed by atoms with Crippen molar-refractivity contribution in [1.29, 1.82) is 0 Å². The number of Topliss-reactive ketones (excluding diaryl/α,β-unsaturated/α-hetero) is 1. The van der Waals surface area contributed by atoms with Crippen molar-refractivity contribution in [3.8, 4) is 17.2 Å². The summed E-state index contributed by atoms with van der Waals surface area (Å²) in [6, 6.07) is 17.8. The normalized spacial score (nSPS) is 12.4. The van der Waals surface area contributed by atoms with E-state index in [2.05, 4.69) is 0 Å². The van der Waals surface area contributed by atoms with Gasteiger partial charge in [-0.1, -0.05) is 48.5 Å². The van der Waals surface area contributed by atoms with Crippen LogP contribution in [0.3, 0.4) is 0 Å². The summed E-state index contributed by atoms with van der Waals surface area (Å²) in [4.78, 5) is 13.2. The summed E-state index contributed by atoms with van der Waals surface area (Å²) in [6.45, 7) is 0. The van der Waals surface area contributed by atoms with Gasteiger partial charge in [-0.25, -0.2) is 0 Å². The number of nitrogens with zero attached hydrogens (tertiary/aromatic N) is 1. The van der Waals surface area contributed by atoms with E-state index >= 15 is 8.78 Å². The Balaban J connectivity index is 2.01. The standard InChI is InChI=1S/C27H25F2NO4/c1-30-16-20(19-12-8-9-13-21(19)30)24(27(28,29)26(31)17-10-6-5-7-11-17)18-14-22(32-2)25(34-4)23(15-18)33-3/h5-16,24H,1-4H3. The van der Waals surface area contributed by atoms with Gasteiger partial charge in [0.15, 0.2) is 11.5 Å². The minimum Gasteiger partial charge on any atom is -0.493 e. The largest absolute Gasteiger partial charge is 0.493 e. The molecule has 0 aliphatic carbocycles. The van der Waals surface area contributed by atoms with Crippen LogP contribution in [0.15, 0.2) is 72.9 Å². The highest BCUT2D eigenvalue weighted by atomic mass is 19.3. The summed E-state index contributed by atoms with van der Waals surface area (Å²) in [5, 5.41) is 0.629. The number of carbonyl (C=O) groups is 1. The molecule has 1 unspecified atom stereocenters. The Kier molecular flexibility index (Phi) is 6.28. The third-order valence-corrected chi connectivity index (χ3v) is 5.96. The molecule has 1 heterocycles. The maximum Gasteiger partial charge on any atom is 0.320 e. The van der Waals surface area contributed by atoms with E-state index in [1.807, 2.05) is 12.1 Å². The molecule has 7 heteroatoms. The molecule has 0 saturated heterocycles. The molecule has 3 aromatic carbocycles. The van der Waals surface area contributed by atoms with Crippen LogP contribution in [0.25, 0.3) is 10.9 Å². The first-order chi connectivity index (χ1) is 16.3. The molecule has 0 radical (unpaired) electrons. The van der Waals surface area contributed by atoms with Gasteiger partial charge in [-0.3, -0.25) is 4.79 Å². The number of benzene rings is 3. The predicted octanol–water partition coefficient (Wildman–Crippen LogP) is 5.85.